The lowest BCUT2D eigenvalue weighted by atomic mass is 9.89. The first-order chi connectivity index (χ1) is 9.88. The number of hydrogen-bond donors (Lipinski definition) is 2. The SMILES string of the molecule is CCN(CC)CCCNC(=NC)NCC(OC)C(C)(C)C. The Morgan fingerprint density at radius 2 is 1.81 bits per heavy atom. The number of guanidine groups is 1. The molecule has 0 saturated carbocycles. The molecule has 0 aromatic rings. The van der Waals surface area contributed by atoms with Gasteiger partial charge in [-0.25, -0.2) is 0 Å². The van der Waals surface area contributed by atoms with Crippen LogP contribution in [0.2, 0.25) is 0 Å². The summed E-state index contributed by atoms with van der Waals surface area (Å²) in [5, 5.41) is 6.70. The molecule has 5 nitrogen and oxygen atoms in total. The largest absolute Gasteiger partial charge is 0.379 e. The van der Waals surface area contributed by atoms with E-state index in [0.717, 1.165) is 45.1 Å². The van der Waals surface area contributed by atoms with Crippen LogP contribution in [0, 0.1) is 5.41 Å². The Labute approximate surface area is 131 Å². The first-order valence-electron chi connectivity index (χ1n) is 8.08. The van der Waals surface area contributed by atoms with Gasteiger partial charge in [0.05, 0.1) is 6.10 Å². The van der Waals surface area contributed by atoms with Gasteiger partial charge in [-0.1, -0.05) is 34.6 Å². The molecule has 1 unspecified atom stereocenters. The van der Waals surface area contributed by atoms with Crippen LogP contribution >= 0.6 is 0 Å². The van der Waals surface area contributed by atoms with E-state index in [4.69, 9.17) is 4.74 Å². The molecule has 0 aliphatic heterocycles. The van der Waals surface area contributed by atoms with E-state index in [1.54, 1.807) is 14.2 Å². The van der Waals surface area contributed by atoms with Gasteiger partial charge >= 0.3 is 0 Å². The van der Waals surface area contributed by atoms with Crippen molar-refractivity contribution in [1.82, 2.24) is 15.5 Å². The zero-order chi connectivity index (χ0) is 16.3. The van der Waals surface area contributed by atoms with Gasteiger partial charge in [0.25, 0.3) is 0 Å². The summed E-state index contributed by atoms with van der Waals surface area (Å²) >= 11 is 0. The highest BCUT2D eigenvalue weighted by molar-refractivity contribution is 5.79. The minimum absolute atomic E-state index is 0.114. The Bertz CT molecular complexity index is 282. The molecule has 0 aliphatic rings. The minimum atomic E-state index is 0.114. The van der Waals surface area contributed by atoms with Crippen molar-refractivity contribution >= 4 is 5.96 Å². The number of nitrogens with one attached hydrogen (secondary N) is 2. The van der Waals surface area contributed by atoms with Crippen LogP contribution in [-0.2, 0) is 4.74 Å². The van der Waals surface area contributed by atoms with Crippen molar-refractivity contribution in [2.75, 3.05) is 46.9 Å². The first kappa shape index (κ1) is 20.2. The molecule has 21 heavy (non-hydrogen) atoms. The highest BCUT2D eigenvalue weighted by Crippen LogP contribution is 2.20. The summed E-state index contributed by atoms with van der Waals surface area (Å²) in [7, 11) is 3.57. The van der Waals surface area contributed by atoms with Crippen LogP contribution in [0.4, 0.5) is 0 Å². The van der Waals surface area contributed by atoms with Gasteiger partial charge in [-0.3, -0.25) is 4.99 Å². The Balaban J connectivity index is 4.02. The Kier molecular flexibility index (Phi) is 10.4. The van der Waals surface area contributed by atoms with Gasteiger partial charge in [-0.05, 0) is 31.5 Å². The average Bonchev–Trinajstić information content (AvgIpc) is 2.44. The third-order valence-electron chi connectivity index (χ3n) is 3.77. The third-order valence-corrected chi connectivity index (χ3v) is 3.77. The number of rotatable bonds is 9. The molecule has 0 rings (SSSR count). The molecular formula is C16H36N4O. The standard InChI is InChI=1S/C16H36N4O/c1-8-20(9-2)12-10-11-18-15(17-6)19-13-14(21-7)16(3,4)5/h14H,8-13H2,1-7H3,(H2,17,18,19). The molecule has 0 bridgehead atoms. The normalized spacial score (nSPS) is 14.4. The van der Waals surface area contributed by atoms with E-state index >= 15 is 0 Å². The maximum Gasteiger partial charge on any atom is 0.191 e. The number of ether oxygens (including phenoxy) is 1. The number of hydrogen-bond acceptors (Lipinski definition) is 3. The molecule has 0 radical (unpaired) electrons. The van der Waals surface area contributed by atoms with Crippen molar-refractivity contribution in [1.29, 1.82) is 0 Å². The molecule has 0 aromatic carbocycles. The van der Waals surface area contributed by atoms with Crippen LogP contribution in [0.3, 0.4) is 0 Å². The number of aliphatic imine (C=N–C) groups is 1. The van der Waals surface area contributed by atoms with Crippen LogP contribution in [0.15, 0.2) is 4.99 Å². The highest BCUT2D eigenvalue weighted by Gasteiger charge is 2.24. The second kappa shape index (κ2) is 10.9. The minimum Gasteiger partial charge on any atom is -0.379 e. The highest BCUT2D eigenvalue weighted by atomic mass is 16.5. The second-order valence-electron chi connectivity index (χ2n) is 6.35. The predicted molar refractivity (Wildman–Crippen MR) is 92.0 cm³/mol. The first-order valence-corrected chi connectivity index (χ1v) is 8.08. The molecule has 0 spiro atoms. The van der Waals surface area contributed by atoms with Crippen molar-refractivity contribution < 1.29 is 4.74 Å². The van der Waals surface area contributed by atoms with Gasteiger partial charge in [-0.15, -0.1) is 0 Å². The van der Waals surface area contributed by atoms with E-state index in [1.807, 2.05) is 0 Å². The van der Waals surface area contributed by atoms with E-state index in [2.05, 4.69) is 55.1 Å². The van der Waals surface area contributed by atoms with Crippen LogP contribution in [0.5, 0.6) is 0 Å². The van der Waals surface area contributed by atoms with Crippen LogP contribution in [0.25, 0.3) is 0 Å². The average molecular weight is 300 g/mol. The lowest BCUT2D eigenvalue weighted by Crippen LogP contribution is -2.45. The summed E-state index contributed by atoms with van der Waals surface area (Å²) in [4.78, 5) is 6.69. The van der Waals surface area contributed by atoms with Gasteiger partial charge in [0, 0.05) is 27.2 Å². The number of nitrogens with zero attached hydrogens (tertiary/aromatic N) is 2. The van der Waals surface area contributed by atoms with Crippen molar-refractivity contribution in [2.24, 2.45) is 10.4 Å². The van der Waals surface area contributed by atoms with E-state index in [9.17, 15) is 0 Å². The summed E-state index contributed by atoms with van der Waals surface area (Å²) in [6.45, 7) is 16.0. The molecule has 0 saturated heterocycles. The fourth-order valence-corrected chi connectivity index (χ4v) is 2.20. The molecule has 1 atom stereocenters. The monoisotopic (exact) mass is 300 g/mol. The molecule has 2 N–H and O–H groups in total. The lowest BCUT2D eigenvalue weighted by Gasteiger charge is -2.30. The van der Waals surface area contributed by atoms with Gasteiger partial charge in [0.2, 0.25) is 0 Å². The summed E-state index contributed by atoms with van der Waals surface area (Å²) < 4.78 is 5.54. The maximum atomic E-state index is 5.54. The topological polar surface area (TPSA) is 48.9 Å². The summed E-state index contributed by atoms with van der Waals surface area (Å²) in [6.07, 6.45) is 1.28. The van der Waals surface area contributed by atoms with Crippen LogP contribution in [0.1, 0.15) is 41.0 Å². The molecule has 0 aliphatic carbocycles. The Morgan fingerprint density at radius 3 is 2.24 bits per heavy atom. The van der Waals surface area contributed by atoms with Gasteiger partial charge < -0.3 is 20.3 Å². The second-order valence-corrected chi connectivity index (χ2v) is 6.35. The fourth-order valence-electron chi connectivity index (χ4n) is 2.20. The maximum absolute atomic E-state index is 5.54. The zero-order valence-electron chi connectivity index (χ0n) is 15.1. The van der Waals surface area contributed by atoms with Crippen molar-refractivity contribution in [3.63, 3.8) is 0 Å². The van der Waals surface area contributed by atoms with E-state index in [-0.39, 0.29) is 11.5 Å². The smallest absolute Gasteiger partial charge is 0.191 e. The zero-order valence-corrected chi connectivity index (χ0v) is 15.1. The predicted octanol–water partition coefficient (Wildman–Crippen LogP) is 1.94. The molecule has 0 heterocycles. The van der Waals surface area contributed by atoms with Crippen LogP contribution in [-0.4, -0.2) is 63.8 Å². The molecule has 0 fully saturated rings. The lowest BCUT2D eigenvalue weighted by molar-refractivity contribution is 0.0205. The fraction of sp³-hybridized carbons (Fsp3) is 0.938. The van der Waals surface area contributed by atoms with E-state index in [0.29, 0.717) is 0 Å². The Morgan fingerprint density at radius 1 is 1.19 bits per heavy atom. The van der Waals surface area contributed by atoms with Gasteiger partial charge in [0.1, 0.15) is 0 Å². The quantitative estimate of drug-likeness (QED) is 0.388. The van der Waals surface area contributed by atoms with E-state index < -0.39 is 0 Å². The van der Waals surface area contributed by atoms with Crippen molar-refractivity contribution in [3.05, 3.63) is 0 Å². The molecule has 0 amide bonds. The summed E-state index contributed by atoms with van der Waals surface area (Å²) in [6, 6.07) is 0. The van der Waals surface area contributed by atoms with E-state index in [1.165, 1.54) is 0 Å². The molecule has 5 heteroatoms. The van der Waals surface area contributed by atoms with Crippen LogP contribution < -0.4 is 10.6 Å². The summed E-state index contributed by atoms with van der Waals surface area (Å²) in [5.74, 6) is 0.848. The third kappa shape index (κ3) is 8.94. The van der Waals surface area contributed by atoms with Gasteiger partial charge in [0.15, 0.2) is 5.96 Å². The van der Waals surface area contributed by atoms with Gasteiger partial charge in [-0.2, -0.15) is 0 Å². The molecule has 0 aromatic heterocycles. The molecule has 126 valence electrons. The summed E-state index contributed by atoms with van der Waals surface area (Å²) in [5.41, 5.74) is 0.114. The number of methoxy groups -OCH3 is 1. The van der Waals surface area contributed by atoms with Crippen molar-refractivity contribution in [3.8, 4) is 0 Å². The molecular weight excluding hydrogens is 264 g/mol. The van der Waals surface area contributed by atoms with Crippen molar-refractivity contribution in [2.45, 2.75) is 47.1 Å². The Hall–Kier alpha value is -0.810.